The predicted octanol–water partition coefficient (Wildman–Crippen LogP) is 2.37. The number of benzene rings is 1. The Hall–Kier alpha value is -1.64. The Bertz CT molecular complexity index is 381. The standard InChI is InChI=1S/C13H18N2O2/c1-11(2)15(3)8-9-17-13-6-4-12(5-7-13)14-10-16/h4-7,11H,8-9H2,1-3H3. The molecule has 0 radical (unpaired) electrons. The highest BCUT2D eigenvalue weighted by molar-refractivity contribution is 5.49. The molecule has 4 heteroatoms. The van der Waals surface area contributed by atoms with E-state index < -0.39 is 0 Å². The van der Waals surface area contributed by atoms with E-state index >= 15 is 0 Å². The van der Waals surface area contributed by atoms with Crippen LogP contribution >= 0.6 is 0 Å². The first kappa shape index (κ1) is 13.4. The Morgan fingerprint density at radius 1 is 1.35 bits per heavy atom. The monoisotopic (exact) mass is 234 g/mol. The second kappa shape index (κ2) is 6.84. The average molecular weight is 234 g/mol. The topological polar surface area (TPSA) is 41.9 Å². The van der Waals surface area contributed by atoms with E-state index in [0.717, 1.165) is 12.3 Å². The van der Waals surface area contributed by atoms with E-state index in [4.69, 9.17) is 4.74 Å². The van der Waals surface area contributed by atoms with Crippen LogP contribution in [0.2, 0.25) is 0 Å². The van der Waals surface area contributed by atoms with Crippen molar-refractivity contribution in [1.29, 1.82) is 0 Å². The fraction of sp³-hybridized carbons (Fsp3) is 0.462. The molecule has 4 nitrogen and oxygen atoms in total. The fourth-order valence-electron chi connectivity index (χ4n) is 1.24. The molecule has 0 aromatic heterocycles. The lowest BCUT2D eigenvalue weighted by Gasteiger charge is -2.20. The molecule has 0 fully saturated rings. The molecule has 1 rings (SSSR count). The number of ether oxygens (including phenoxy) is 1. The SMILES string of the molecule is CC(C)N(C)CCOc1ccc(N=C=O)cc1. The van der Waals surface area contributed by atoms with E-state index in [-0.39, 0.29) is 0 Å². The van der Waals surface area contributed by atoms with Crippen LogP contribution in [0.3, 0.4) is 0 Å². The van der Waals surface area contributed by atoms with E-state index in [0.29, 0.717) is 18.3 Å². The summed E-state index contributed by atoms with van der Waals surface area (Å²) in [7, 11) is 2.07. The summed E-state index contributed by atoms with van der Waals surface area (Å²) >= 11 is 0. The highest BCUT2D eigenvalue weighted by Gasteiger charge is 2.02. The van der Waals surface area contributed by atoms with Crippen LogP contribution in [-0.2, 0) is 4.79 Å². The van der Waals surface area contributed by atoms with Crippen molar-refractivity contribution in [3.8, 4) is 5.75 Å². The van der Waals surface area contributed by atoms with Gasteiger partial charge in [0, 0.05) is 12.6 Å². The molecule has 0 saturated carbocycles. The Labute approximate surface area is 102 Å². The summed E-state index contributed by atoms with van der Waals surface area (Å²) < 4.78 is 5.58. The minimum atomic E-state index is 0.517. The summed E-state index contributed by atoms with van der Waals surface area (Å²) in [5, 5.41) is 0. The maximum atomic E-state index is 10.0. The van der Waals surface area contributed by atoms with Crippen molar-refractivity contribution in [2.45, 2.75) is 19.9 Å². The molecule has 1 aromatic carbocycles. The minimum Gasteiger partial charge on any atom is -0.492 e. The van der Waals surface area contributed by atoms with Gasteiger partial charge in [-0.2, -0.15) is 4.99 Å². The molecule has 0 spiro atoms. The van der Waals surface area contributed by atoms with Gasteiger partial charge in [-0.15, -0.1) is 0 Å². The first-order valence-corrected chi connectivity index (χ1v) is 5.64. The Morgan fingerprint density at radius 3 is 2.53 bits per heavy atom. The summed E-state index contributed by atoms with van der Waals surface area (Å²) in [4.78, 5) is 15.8. The largest absolute Gasteiger partial charge is 0.492 e. The van der Waals surface area contributed by atoms with E-state index in [1.165, 1.54) is 6.08 Å². The molecule has 0 aliphatic carbocycles. The third-order valence-electron chi connectivity index (χ3n) is 2.61. The number of nitrogens with zero attached hydrogens (tertiary/aromatic N) is 2. The lowest BCUT2D eigenvalue weighted by molar-refractivity contribution is 0.208. The molecule has 0 amide bonds. The molecule has 92 valence electrons. The zero-order valence-corrected chi connectivity index (χ0v) is 10.5. The van der Waals surface area contributed by atoms with Crippen LogP contribution in [0.15, 0.2) is 29.3 Å². The lowest BCUT2D eigenvalue weighted by atomic mass is 10.3. The highest BCUT2D eigenvalue weighted by atomic mass is 16.5. The summed E-state index contributed by atoms with van der Waals surface area (Å²) in [6.45, 7) is 5.81. The predicted molar refractivity (Wildman–Crippen MR) is 67.5 cm³/mol. The number of hydrogen-bond donors (Lipinski definition) is 0. The quantitative estimate of drug-likeness (QED) is 0.560. The smallest absolute Gasteiger partial charge is 0.240 e. The van der Waals surface area contributed by atoms with Gasteiger partial charge in [-0.3, -0.25) is 0 Å². The summed E-state index contributed by atoms with van der Waals surface area (Å²) in [5.74, 6) is 0.784. The van der Waals surface area contributed by atoms with Gasteiger partial charge in [-0.05, 0) is 45.2 Å². The van der Waals surface area contributed by atoms with Gasteiger partial charge in [0.05, 0.1) is 5.69 Å². The van der Waals surface area contributed by atoms with Gasteiger partial charge < -0.3 is 9.64 Å². The fourth-order valence-corrected chi connectivity index (χ4v) is 1.24. The number of aliphatic imine (C=N–C) groups is 1. The number of rotatable bonds is 6. The first-order chi connectivity index (χ1) is 8.13. The van der Waals surface area contributed by atoms with Gasteiger partial charge >= 0.3 is 0 Å². The Morgan fingerprint density at radius 2 is 2.00 bits per heavy atom. The number of carbonyl (C=O) groups excluding carboxylic acids is 1. The average Bonchev–Trinajstić information content (AvgIpc) is 2.31. The molecule has 1 aromatic rings. The molecule has 17 heavy (non-hydrogen) atoms. The Balaban J connectivity index is 2.39. The molecule has 0 unspecified atom stereocenters. The van der Waals surface area contributed by atoms with Crippen molar-refractivity contribution >= 4 is 11.8 Å². The minimum absolute atomic E-state index is 0.517. The molecule has 0 atom stereocenters. The third kappa shape index (κ3) is 4.81. The molecular formula is C13H18N2O2. The van der Waals surface area contributed by atoms with Crippen LogP contribution < -0.4 is 4.74 Å². The van der Waals surface area contributed by atoms with Gasteiger partial charge in [-0.1, -0.05) is 0 Å². The van der Waals surface area contributed by atoms with Crippen molar-refractivity contribution in [2.24, 2.45) is 4.99 Å². The third-order valence-corrected chi connectivity index (χ3v) is 2.61. The molecular weight excluding hydrogens is 216 g/mol. The van der Waals surface area contributed by atoms with E-state index in [1.807, 2.05) is 0 Å². The molecule has 0 saturated heterocycles. The van der Waals surface area contributed by atoms with Gasteiger partial charge in [0.25, 0.3) is 0 Å². The van der Waals surface area contributed by atoms with Crippen LogP contribution in [-0.4, -0.2) is 37.2 Å². The van der Waals surface area contributed by atoms with Crippen molar-refractivity contribution in [1.82, 2.24) is 4.90 Å². The van der Waals surface area contributed by atoms with Gasteiger partial charge in [0.2, 0.25) is 6.08 Å². The zero-order valence-electron chi connectivity index (χ0n) is 10.5. The maximum absolute atomic E-state index is 10.0. The van der Waals surface area contributed by atoms with E-state index in [1.54, 1.807) is 24.3 Å². The van der Waals surface area contributed by atoms with E-state index in [9.17, 15) is 4.79 Å². The second-order valence-corrected chi connectivity index (χ2v) is 4.12. The zero-order chi connectivity index (χ0) is 12.7. The number of likely N-dealkylation sites (N-methyl/N-ethyl adjacent to an activating group) is 1. The molecule has 0 N–H and O–H groups in total. The molecule has 0 aliphatic heterocycles. The van der Waals surface area contributed by atoms with E-state index in [2.05, 4.69) is 30.8 Å². The summed E-state index contributed by atoms with van der Waals surface area (Å²) in [6, 6.07) is 7.57. The summed E-state index contributed by atoms with van der Waals surface area (Å²) in [5.41, 5.74) is 0.589. The summed E-state index contributed by atoms with van der Waals surface area (Å²) in [6.07, 6.45) is 1.50. The van der Waals surface area contributed by atoms with Gasteiger partial charge in [-0.25, -0.2) is 4.79 Å². The Kier molecular flexibility index (Phi) is 5.40. The molecule has 0 heterocycles. The van der Waals surface area contributed by atoms with Crippen LogP contribution in [0.1, 0.15) is 13.8 Å². The molecule has 0 bridgehead atoms. The van der Waals surface area contributed by atoms with Crippen molar-refractivity contribution in [3.63, 3.8) is 0 Å². The second-order valence-electron chi connectivity index (χ2n) is 4.12. The highest BCUT2D eigenvalue weighted by Crippen LogP contribution is 2.17. The van der Waals surface area contributed by atoms with Crippen molar-refractivity contribution in [2.75, 3.05) is 20.2 Å². The van der Waals surface area contributed by atoms with Gasteiger partial charge in [0.15, 0.2) is 0 Å². The van der Waals surface area contributed by atoms with Crippen LogP contribution in [0.5, 0.6) is 5.75 Å². The number of hydrogen-bond acceptors (Lipinski definition) is 4. The van der Waals surface area contributed by atoms with Crippen LogP contribution in [0.4, 0.5) is 5.69 Å². The van der Waals surface area contributed by atoms with Crippen molar-refractivity contribution < 1.29 is 9.53 Å². The lowest BCUT2D eigenvalue weighted by Crippen LogP contribution is -2.30. The van der Waals surface area contributed by atoms with Crippen molar-refractivity contribution in [3.05, 3.63) is 24.3 Å². The maximum Gasteiger partial charge on any atom is 0.240 e. The molecule has 0 aliphatic rings. The normalized spacial score (nSPS) is 10.4. The van der Waals surface area contributed by atoms with Crippen LogP contribution in [0, 0.1) is 0 Å². The van der Waals surface area contributed by atoms with Gasteiger partial charge in [0.1, 0.15) is 12.4 Å². The number of isocyanates is 1. The first-order valence-electron chi connectivity index (χ1n) is 5.64. The van der Waals surface area contributed by atoms with Crippen LogP contribution in [0.25, 0.3) is 0 Å².